The average Bonchev–Trinajstić information content (AvgIpc) is 2.78. The summed E-state index contributed by atoms with van der Waals surface area (Å²) in [7, 11) is 4.08. The third-order valence-electron chi connectivity index (χ3n) is 6.49. The van der Waals surface area contributed by atoms with Crippen LogP contribution in [0.1, 0.15) is 60.1 Å². The predicted molar refractivity (Wildman–Crippen MR) is 126 cm³/mol. The van der Waals surface area contributed by atoms with Crippen molar-refractivity contribution in [3.63, 3.8) is 0 Å². The number of hydrogen-bond donors (Lipinski definition) is 2. The minimum Gasteiger partial charge on any atom is -0.362 e. The maximum Gasteiger partial charge on any atom is 0.252 e. The number of aromatic nitrogens is 2. The number of amides is 1. The van der Waals surface area contributed by atoms with Crippen LogP contribution < -0.4 is 15.5 Å². The summed E-state index contributed by atoms with van der Waals surface area (Å²) >= 11 is 5.99. The van der Waals surface area contributed by atoms with Gasteiger partial charge in [0.25, 0.3) is 5.91 Å². The molecule has 1 aromatic carbocycles. The van der Waals surface area contributed by atoms with Crippen molar-refractivity contribution in [2.24, 2.45) is 5.92 Å². The van der Waals surface area contributed by atoms with Gasteiger partial charge in [-0.2, -0.15) is 4.98 Å². The summed E-state index contributed by atoms with van der Waals surface area (Å²) in [6, 6.07) is 4.18. The SMILES string of the molecule is CN(C)c1nc(NC2CCC(CNC(=O)c3ccc(F)cc3Cl)CC2)nc2c1CCCC2. The summed E-state index contributed by atoms with van der Waals surface area (Å²) in [6.45, 7) is 0.597. The molecular weight excluding hydrogens is 429 g/mol. The lowest BCUT2D eigenvalue weighted by Gasteiger charge is -2.30. The molecular formula is C24H31ClFN5O. The van der Waals surface area contributed by atoms with Gasteiger partial charge in [-0.1, -0.05) is 11.6 Å². The van der Waals surface area contributed by atoms with Gasteiger partial charge in [0.2, 0.25) is 5.95 Å². The molecule has 0 aliphatic heterocycles. The Bertz CT molecular complexity index is 975. The second-order valence-corrected chi connectivity index (χ2v) is 9.50. The van der Waals surface area contributed by atoms with Crippen LogP contribution in [0, 0.1) is 11.7 Å². The molecule has 1 fully saturated rings. The summed E-state index contributed by atoms with van der Waals surface area (Å²) < 4.78 is 13.2. The van der Waals surface area contributed by atoms with Gasteiger partial charge in [-0.15, -0.1) is 0 Å². The molecule has 172 valence electrons. The number of anilines is 2. The number of hydrogen-bond acceptors (Lipinski definition) is 5. The van der Waals surface area contributed by atoms with Crippen LogP contribution in [0.15, 0.2) is 18.2 Å². The molecule has 0 radical (unpaired) electrons. The fourth-order valence-electron chi connectivity index (χ4n) is 4.71. The lowest BCUT2D eigenvalue weighted by molar-refractivity contribution is 0.0943. The number of aryl methyl sites for hydroxylation is 1. The lowest BCUT2D eigenvalue weighted by atomic mass is 9.86. The lowest BCUT2D eigenvalue weighted by Crippen LogP contribution is -2.34. The maximum atomic E-state index is 13.2. The van der Waals surface area contributed by atoms with E-state index in [2.05, 4.69) is 15.5 Å². The van der Waals surface area contributed by atoms with Gasteiger partial charge in [0.1, 0.15) is 11.6 Å². The molecule has 4 rings (SSSR count). The highest BCUT2D eigenvalue weighted by molar-refractivity contribution is 6.33. The van der Waals surface area contributed by atoms with Crippen LogP contribution >= 0.6 is 11.6 Å². The molecule has 32 heavy (non-hydrogen) atoms. The van der Waals surface area contributed by atoms with Crippen molar-refractivity contribution >= 4 is 29.3 Å². The van der Waals surface area contributed by atoms with Gasteiger partial charge in [-0.3, -0.25) is 4.79 Å². The summed E-state index contributed by atoms with van der Waals surface area (Å²) in [5.41, 5.74) is 2.80. The molecule has 1 amide bonds. The second-order valence-electron chi connectivity index (χ2n) is 9.09. The van der Waals surface area contributed by atoms with Crippen molar-refractivity contribution in [3.8, 4) is 0 Å². The molecule has 0 bridgehead atoms. The Hall–Kier alpha value is -2.41. The van der Waals surface area contributed by atoms with Crippen LogP contribution in [0.25, 0.3) is 0 Å². The number of fused-ring (bicyclic) bond motifs is 1. The Morgan fingerprint density at radius 1 is 1.16 bits per heavy atom. The van der Waals surface area contributed by atoms with Crippen LogP contribution in [-0.4, -0.2) is 42.6 Å². The fourth-order valence-corrected chi connectivity index (χ4v) is 4.96. The summed E-state index contributed by atoms with van der Waals surface area (Å²) in [5, 5.41) is 6.65. The smallest absolute Gasteiger partial charge is 0.252 e. The van der Waals surface area contributed by atoms with Crippen molar-refractivity contribution in [1.29, 1.82) is 0 Å². The fraction of sp³-hybridized carbons (Fsp3) is 0.542. The minimum absolute atomic E-state index is 0.137. The molecule has 0 atom stereocenters. The normalized spacial score (nSPS) is 20.4. The molecule has 1 saturated carbocycles. The molecule has 2 aliphatic carbocycles. The number of carbonyl (C=O) groups excluding carboxylic acids is 1. The topological polar surface area (TPSA) is 70.2 Å². The Morgan fingerprint density at radius 3 is 2.62 bits per heavy atom. The van der Waals surface area contributed by atoms with Gasteiger partial charge in [0, 0.05) is 32.2 Å². The highest BCUT2D eigenvalue weighted by atomic mass is 35.5. The van der Waals surface area contributed by atoms with Crippen molar-refractivity contribution in [1.82, 2.24) is 15.3 Å². The monoisotopic (exact) mass is 459 g/mol. The number of nitrogens with zero attached hydrogens (tertiary/aromatic N) is 3. The van der Waals surface area contributed by atoms with E-state index in [-0.39, 0.29) is 10.9 Å². The molecule has 2 N–H and O–H groups in total. The van der Waals surface area contributed by atoms with E-state index in [1.165, 1.54) is 36.2 Å². The zero-order valence-electron chi connectivity index (χ0n) is 18.8. The second kappa shape index (κ2) is 10.0. The molecule has 6 nitrogen and oxygen atoms in total. The molecule has 0 saturated heterocycles. The molecule has 1 aromatic heterocycles. The summed E-state index contributed by atoms with van der Waals surface area (Å²) in [5.74, 6) is 1.48. The third kappa shape index (κ3) is 5.31. The predicted octanol–water partition coefficient (Wildman–Crippen LogP) is 4.61. The van der Waals surface area contributed by atoms with E-state index in [1.54, 1.807) is 0 Å². The number of benzene rings is 1. The van der Waals surface area contributed by atoms with Gasteiger partial charge in [0.15, 0.2) is 0 Å². The quantitative estimate of drug-likeness (QED) is 0.659. The first-order valence-electron chi connectivity index (χ1n) is 11.5. The summed E-state index contributed by atoms with van der Waals surface area (Å²) in [4.78, 5) is 24.1. The first kappa shape index (κ1) is 22.8. The third-order valence-corrected chi connectivity index (χ3v) is 6.80. The molecule has 2 aliphatic rings. The average molecular weight is 460 g/mol. The first-order chi connectivity index (χ1) is 15.4. The number of rotatable bonds is 6. The largest absolute Gasteiger partial charge is 0.362 e. The van der Waals surface area contributed by atoms with Crippen LogP contribution in [0.5, 0.6) is 0 Å². The first-order valence-corrected chi connectivity index (χ1v) is 11.9. The highest BCUT2D eigenvalue weighted by Gasteiger charge is 2.24. The molecule has 2 aromatic rings. The maximum absolute atomic E-state index is 13.2. The Labute approximate surface area is 194 Å². The van der Waals surface area contributed by atoms with Gasteiger partial charge in [-0.25, -0.2) is 9.37 Å². The van der Waals surface area contributed by atoms with E-state index in [4.69, 9.17) is 21.6 Å². The molecule has 0 unspecified atom stereocenters. The molecule has 8 heteroatoms. The Kier molecular flexibility index (Phi) is 7.13. The standard InChI is InChI=1S/C24H31ClFN5O/c1-31(2)22-19-5-3-4-6-21(19)29-24(30-22)28-17-10-7-15(8-11-17)14-27-23(32)18-12-9-16(26)13-20(18)25/h9,12-13,15,17H,3-8,10-11,14H2,1-2H3,(H,27,32)(H,28,29,30). The van der Waals surface area contributed by atoms with Gasteiger partial charge >= 0.3 is 0 Å². The van der Waals surface area contributed by atoms with Crippen LogP contribution in [0.3, 0.4) is 0 Å². The van der Waals surface area contributed by atoms with Crippen LogP contribution in [0.4, 0.5) is 16.2 Å². The van der Waals surface area contributed by atoms with E-state index in [1.807, 2.05) is 14.1 Å². The number of halogens is 2. The van der Waals surface area contributed by atoms with E-state index < -0.39 is 5.82 Å². The Balaban J connectivity index is 1.30. The number of carbonyl (C=O) groups is 1. The number of nitrogens with one attached hydrogen (secondary N) is 2. The van der Waals surface area contributed by atoms with E-state index in [0.29, 0.717) is 24.1 Å². The zero-order valence-corrected chi connectivity index (χ0v) is 19.5. The summed E-state index contributed by atoms with van der Waals surface area (Å²) in [6.07, 6.45) is 8.53. The van der Waals surface area contributed by atoms with E-state index >= 15 is 0 Å². The van der Waals surface area contributed by atoms with Crippen molar-refractivity contribution < 1.29 is 9.18 Å². The van der Waals surface area contributed by atoms with Crippen molar-refractivity contribution in [2.45, 2.75) is 57.4 Å². The Morgan fingerprint density at radius 2 is 1.91 bits per heavy atom. The van der Waals surface area contributed by atoms with Crippen LogP contribution in [-0.2, 0) is 12.8 Å². The van der Waals surface area contributed by atoms with Gasteiger partial charge < -0.3 is 15.5 Å². The zero-order chi connectivity index (χ0) is 22.7. The van der Waals surface area contributed by atoms with E-state index in [0.717, 1.165) is 56.4 Å². The highest BCUT2D eigenvalue weighted by Crippen LogP contribution is 2.30. The van der Waals surface area contributed by atoms with Crippen molar-refractivity contribution in [2.75, 3.05) is 30.9 Å². The van der Waals surface area contributed by atoms with Gasteiger partial charge in [-0.05, 0) is 75.5 Å². The van der Waals surface area contributed by atoms with Gasteiger partial charge in [0.05, 0.1) is 16.3 Å². The molecule has 1 heterocycles. The molecule has 0 spiro atoms. The minimum atomic E-state index is -0.446. The van der Waals surface area contributed by atoms with Crippen LogP contribution in [0.2, 0.25) is 5.02 Å². The van der Waals surface area contributed by atoms with E-state index in [9.17, 15) is 9.18 Å². The van der Waals surface area contributed by atoms with Crippen molar-refractivity contribution in [3.05, 3.63) is 45.9 Å².